The van der Waals surface area contributed by atoms with Gasteiger partial charge in [-0.25, -0.2) is 4.21 Å². The van der Waals surface area contributed by atoms with Crippen molar-refractivity contribution in [1.82, 2.24) is 4.72 Å². The predicted molar refractivity (Wildman–Crippen MR) is 45.1 cm³/mol. The molecular weight excluding hydrogens is 162 g/mol. The Morgan fingerprint density at radius 3 is 2.45 bits per heavy atom. The van der Waals surface area contributed by atoms with E-state index < -0.39 is 11.0 Å². The molecule has 1 rings (SSSR count). The molecule has 11 heavy (non-hydrogen) atoms. The molecule has 0 aliphatic carbocycles. The standard InChI is InChI=1S/C7H13NO2S/c1-7(2,3)11(9)8-6-4-10-5-6/h4,8H,5H2,1-3H3/t11-/m0/s1. The summed E-state index contributed by atoms with van der Waals surface area (Å²) in [5, 5.41) is 0. The van der Waals surface area contributed by atoms with Crippen molar-refractivity contribution < 1.29 is 8.95 Å². The van der Waals surface area contributed by atoms with E-state index in [2.05, 4.69) is 4.72 Å². The maximum absolute atomic E-state index is 11.4. The van der Waals surface area contributed by atoms with Crippen molar-refractivity contribution in [2.45, 2.75) is 25.5 Å². The van der Waals surface area contributed by atoms with Crippen LogP contribution in [0.15, 0.2) is 12.0 Å². The first-order chi connectivity index (χ1) is 5.00. The number of nitrogens with one attached hydrogen (secondary N) is 1. The van der Waals surface area contributed by atoms with E-state index in [0.29, 0.717) is 6.61 Å². The normalized spacial score (nSPS) is 19.4. The van der Waals surface area contributed by atoms with Crippen molar-refractivity contribution in [3.05, 3.63) is 12.0 Å². The molecule has 0 aromatic rings. The van der Waals surface area contributed by atoms with Crippen molar-refractivity contribution in [2.24, 2.45) is 0 Å². The third-order valence-electron chi connectivity index (χ3n) is 1.24. The van der Waals surface area contributed by atoms with E-state index >= 15 is 0 Å². The van der Waals surface area contributed by atoms with Crippen LogP contribution in [0.5, 0.6) is 0 Å². The fourth-order valence-corrected chi connectivity index (χ4v) is 1.14. The highest BCUT2D eigenvalue weighted by Crippen LogP contribution is 2.12. The summed E-state index contributed by atoms with van der Waals surface area (Å²) in [6, 6.07) is 0. The molecule has 0 spiro atoms. The number of hydrogen-bond acceptors (Lipinski definition) is 2. The van der Waals surface area contributed by atoms with Gasteiger partial charge in [-0.2, -0.15) is 0 Å². The smallest absolute Gasteiger partial charge is 0.131 e. The van der Waals surface area contributed by atoms with E-state index in [-0.39, 0.29) is 4.75 Å². The van der Waals surface area contributed by atoms with Crippen LogP contribution in [-0.4, -0.2) is 15.6 Å². The second-order valence-corrected chi connectivity index (χ2v) is 5.40. The molecule has 0 aromatic carbocycles. The van der Waals surface area contributed by atoms with Crippen LogP contribution in [0.3, 0.4) is 0 Å². The first-order valence-corrected chi connectivity index (χ1v) is 4.64. The van der Waals surface area contributed by atoms with Crippen LogP contribution < -0.4 is 4.72 Å². The Kier molecular flexibility index (Phi) is 2.23. The van der Waals surface area contributed by atoms with Crippen LogP contribution in [0.2, 0.25) is 0 Å². The molecule has 0 bridgehead atoms. The lowest BCUT2D eigenvalue weighted by atomic mass is 10.3. The summed E-state index contributed by atoms with van der Waals surface area (Å²) in [6.45, 7) is 6.34. The molecule has 1 atom stereocenters. The van der Waals surface area contributed by atoms with Crippen molar-refractivity contribution in [3.8, 4) is 0 Å². The first kappa shape index (κ1) is 8.59. The van der Waals surface area contributed by atoms with Crippen LogP contribution in [0, 0.1) is 0 Å². The van der Waals surface area contributed by atoms with Gasteiger partial charge in [-0.1, -0.05) is 0 Å². The Morgan fingerprint density at radius 2 is 2.18 bits per heavy atom. The molecule has 0 radical (unpaired) electrons. The zero-order valence-corrected chi connectivity index (χ0v) is 7.83. The molecule has 0 saturated heterocycles. The summed E-state index contributed by atoms with van der Waals surface area (Å²) < 4.78 is 18.8. The number of hydrogen-bond donors (Lipinski definition) is 1. The zero-order chi connectivity index (χ0) is 8.48. The molecule has 0 unspecified atom stereocenters. The second kappa shape index (κ2) is 2.85. The summed E-state index contributed by atoms with van der Waals surface area (Å²) in [4.78, 5) is 0. The third-order valence-corrected chi connectivity index (χ3v) is 2.80. The summed E-state index contributed by atoms with van der Waals surface area (Å²) in [5.41, 5.74) is 0.915. The van der Waals surface area contributed by atoms with Crippen LogP contribution in [0.4, 0.5) is 0 Å². The molecule has 1 aliphatic heterocycles. The van der Waals surface area contributed by atoms with Gasteiger partial charge in [0.05, 0.1) is 10.4 Å². The molecule has 0 aromatic heterocycles. The van der Waals surface area contributed by atoms with Crippen molar-refractivity contribution in [1.29, 1.82) is 0 Å². The molecule has 4 heteroatoms. The Labute approximate surface area is 69.4 Å². The van der Waals surface area contributed by atoms with E-state index in [9.17, 15) is 4.21 Å². The van der Waals surface area contributed by atoms with Gasteiger partial charge in [0.2, 0.25) is 0 Å². The highest BCUT2D eigenvalue weighted by atomic mass is 32.2. The molecule has 1 heterocycles. The SMILES string of the molecule is CC(C)(C)[S@](=O)NC1=COC1. The Balaban J connectivity index is 2.43. The van der Waals surface area contributed by atoms with Crippen LogP contribution in [0.1, 0.15) is 20.8 Å². The van der Waals surface area contributed by atoms with Crippen LogP contribution in [-0.2, 0) is 15.7 Å². The van der Waals surface area contributed by atoms with E-state index in [1.165, 1.54) is 0 Å². The minimum absolute atomic E-state index is 0.212. The van der Waals surface area contributed by atoms with E-state index in [1.807, 2.05) is 20.8 Å². The van der Waals surface area contributed by atoms with Gasteiger partial charge in [0.15, 0.2) is 0 Å². The van der Waals surface area contributed by atoms with Gasteiger partial charge in [0.1, 0.15) is 23.9 Å². The molecule has 64 valence electrons. The minimum atomic E-state index is -1.01. The topological polar surface area (TPSA) is 38.3 Å². The Morgan fingerprint density at radius 1 is 1.64 bits per heavy atom. The molecule has 0 fully saturated rings. The van der Waals surface area contributed by atoms with Gasteiger partial charge in [-0.15, -0.1) is 0 Å². The lowest BCUT2D eigenvalue weighted by Crippen LogP contribution is -2.35. The Bertz CT molecular complexity index is 205. The van der Waals surface area contributed by atoms with E-state index in [0.717, 1.165) is 5.70 Å². The fourth-order valence-electron chi connectivity index (χ4n) is 0.492. The van der Waals surface area contributed by atoms with E-state index in [1.54, 1.807) is 6.26 Å². The molecule has 0 saturated carbocycles. The van der Waals surface area contributed by atoms with Crippen molar-refractivity contribution in [2.75, 3.05) is 6.61 Å². The maximum atomic E-state index is 11.4. The van der Waals surface area contributed by atoms with Crippen LogP contribution >= 0.6 is 0 Å². The summed E-state index contributed by atoms with van der Waals surface area (Å²) in [7, 11) is -1.01. The quantitative estimate of drug-likeness (QED) is 0.677. The lowest BCUT2D eigenvalue weighted by molar-refractivity contribution is 0.218. The molecule has 1 aliphatic rings. The first-order valence-electron chi connectivity index (χ1n) is 3.49. The Hall–Kier alpha value is -0.510. The third kappa shape index (κ3) is 2.22. The van der Waals surface area contributed by atoms with Gasteiger partial charge in [0.25, 0.3) is 0 Å². The fraction of sp³-hybridized carbons (Fsp3) is 0.714. The average Bonchev–Trinajstić information content (AvgIpc) is 1.75. The lowest BCUT2D eigenvalue weighted by Gasteiger charge is -2.23. The summed E-state index contributed by atoms with van der Waals surface area (Å²) >= 11 is 0. The molecule has 0 amide bonds. The molecular formula is C7H13NO2S. The average molecular weight is 175 g/mol. The monoisotopic (exact) mass is 175 g/mol. The van der Waals surface area contributed by atoms with Crippen molar-refractivity contribution in [3.63, 3.8) is 0 Å². The zero-order valence-electron chi connectivity index (χ0n) is 7.01. The van der Waals surface area contributed by atoms with Gasteiger partial charge in [-0.05, 0) is 20.8 Å². The molecule has 3 nitrogen and oxygen atoms in total. The maximum Gasteiger partial charge on any atom is 0.131 e. The van der Waals surface area contributed by atoms with Gasteiger partial charge < -0.3 is 9.46 Å². The summed E-state index contributed by atoms with van der Waals surface area (Å²) in [5.74, 6) is 0. The number of rotatable bonds is 2. The predicted octanol–water partition coefficient (Wildman–Crippen LogP) is 0.910. The van der Waals surface area contributed by atoms with E-state index in [4.69, 9.17) is 4.74 Å². The summed E-state index contributed by atoms with van der Waals surface area (Å²) in [6.07, 6.45) is 1.59. The highest BCUT2D eigenvalue weighted by molar-refractivity contribution is 7.84. The van der Waals surface area contributed by atoms with Crippen molar-refractivity contribution >= 4 is 11.0 Å². The highest BCUT2D eigenvalue weighted by Gasteiger charge is 2.21. The van der Waals surface area contributed by atoms with Gasteiger partial charge >= 0.3 is 0 Å². The largest absolute Gasteiger partial charge is 0.493 e. The second-order valence-electron chi connectivity index (χ2n) is 3.44. The molecule has 1 N–H and O–H groups in total. The number of ether oxygens (including phenoxy) is 1. The van der Waals surface area contributed by atoms with Gasteiger partial charge in [-0.3, -0.25) is 0 Å². The minimum Gasteiger partial charge on any atom is -0.493 e. The van der Waals surface area contributed by atoms with Gasteiger partial charge in [0, 0.05) is 0 Å². The van der Waals surface area contributed by atoms with Crippen LogP contribution in [0.25, 0.3) is 0 Å².